The first-order valence-corrected chi connectivity index (χ1v) is 10.3. The quantitative estimate of drug-likeness (QED) is 0.549. The van der Waals surface area contributed by atoms with Gasteiger partial charge < -0.3 is 10.2 Å². The Labute approximate surface area is 167 Å². The van der Waals surface area contributed by atoms with Crippen molar-refractivity contribution in [1.82, 2.24) is 15.0 Å². The summed E-state index contributed by atoms with van der Waals surface area (Å²) in [6.45, 7) is 1.13. The van der Waals surface area contributed by atoms with Crippen LogP contribution in [0, 0.1) is 11.7 Å². The molecular formula is C19H14FN5OS2. The number of halogens is 1. The topological polar surface area (TPSA) is 71.0 Å². The minimum absolute atomic E-state index is 0.0596. The Kier molecular flexibility index (Phi) is 4.25. The molecule has 5 rings (SSSR count). The van der Waals surface area contributed by atoms with Crippen LogP contribution in [0.1, 0.15) is 0 Å². The molecule has 9 heteroatoms. The third-order valence-electron chi connectivity index (χ3n) is 4.57. The molecule has 0 aliphatic carbocycles. The Morgan fingerprint density at radius 2 is 2.11 bits per heavy atom. The summed E-state index contributed by atoms with van der Waals surface area (Å²) >= 11 is 2.83. The molecule has 1 fully saturated rings. The van der Waals surface area contributed by atoms with Gasteiger partial charge in [-0.25, -0.2) is 14.4 Å². The Balaban J connectivity index is 1.22. The van der Waals surface area contributed by atoms with Crippen molar-refractivity contribution in [2.75, 3.05) is 23.3 Å². The zero-order valence-electron chi connectivity index (χ0n) is 14.5. The number of benzene rings is 1. The molecule has 1 aromatic carbocycles. The summed E-state index contributed by atoms with van der Waals surface area (Å²) in [6.07, 6.45) is 3.45. The van der Waals surface area contributed by atoms with Crippen molar-refractivity contribution < 1.29 is 9.18 Å². The highest BCUT2D eigenvalue weighted by molar-refractivity contribution is 7.22. The molecule has 1 saturated heterocycles. The van der Waals surface area contributed by atoms with E-state index in [1.165, 1.54) is 28.7 Å². The molecule has 1 aliphatic heterocycles. The second kappa shape index (κ2) is 6.92. The van der Waals surface area contributed by atoms with Crippen molar-refractivity contribution in [3.05, 3.63) is 53.9 Å². The normalized spacial score (nSPS) is 14.2. The summed E-state index contributed by atoms with van der Waals surface area (Å²) in [7, 11) is 0. The number of fused-ring (bicyclic) bond motifs is 1. The van der Waals surface area contributed by atoms with Crippen LogP contribution in [0.2, 0.25) is 0 Å². The van der Waals surface area contributed by atoms with E-state index in [0.29, 0.717) is 23.7 Å². The maximum Gasteiger partial charge on any atom is 0.232 e. The Morgan fingerprint density at radius 3 is 2.89 bits per heavy atom. The third kappa shape index (κ3) is 3.12. The zero-order valence-corrected chi connectivity index (χ0v) is 16.1. The van der Waals surface area contributed by atoms with E-state index in [-0.39, 0.29) is 17.6 Å². The SMILES string of the molecule is O=C(Nc1nc(-c2cccnc2)cs1)C1CN(c2nc3c(F)cccc3s2)C1. The van der Waals surface area contributed by atoms with Gasteiger partial charge in [0.25, 0.3) is 0 Å². The molecule has 6 nitrogen and oxygen atoms in total. The van der Waals surface area contributed by atoms with Gasteiger partial charge in [-0.05, 0) is 24.3 Å². The van der Waals surface area contributed by atoms with Crippen molar-refractivity contribution in [3.8, 4) is 11.3 Å². The number of anilines is 2. The molecule has 140 valence electrons. The number of rotatable bonds is 4. The molecule has 4 aromatic rings. The summed E-state index contributed by atoms with van der Waals surface area (Å²) < 4.78 is 14.6. The van der Waals surface area contributed by atoms with Crippen LogP contribution >= 0.6 is 22.7 Å². The van der Waals surface area contributed by atoms with Gasteiger partial charge in [-0.2, -0.15) is 0 Å². The number of amides is 1. The molecule has 3 aromatic heterocycles. The summed E-state index contributed by atoms with van der Waals surface area (Å²) in [5.41, 5.74) is 2.10. The molecule has 1 aliphatic rings. The monoisotopic (exact) mass is 411 g/mol. The fourth-order valence-corrected chi connectivity index (χ4v) is 4.75. The Hall–Kier alpha value is -2.91. The van der Waals surface area contributed by atoms with Crippen molar-refractivity contribution in [2.45, 2.75) is 0 Å². The van der Waals surface area contributed by atoms with E-state index in [1.807, 2.05) is 28.5 Å². The standard InChI is InChI=1S/C19H14FN5OS2/c20-13-4-1-5-15-16(13)23-19(28-15)25-8-12(9-25)17(26)24-18-22-14(10-27-18)11-3-2-6-21-7-11/h1-7,10,12H,8-9H2,(H,22,24,26). The molecule has 0 spiro atoms. The highest BCUT2D eigenvalue weighted by Gasteiger charge is 2.35. The lowest BCUT2D eigenvalue weighted by molar-refractivity contribution is -0.120. The fourth-order valence-electron chi connectivity index (χ4n) is 3.02. The minimum Gasteiger partial charge on any atom is -0.346 e. The van der Waals surface area contributed by atoms with Gasteiger partial charge in [0.1, 0.15) is 11.3 Å². The lowest BCUT2D eigenvalue weighted by atomic mass is 10.0. The van der Waals surface area contributed by atoms with Gasteiger partial charge in [-0.3, -0.25) is 9.78 Å². The van der Waals surface area contributed by atoms with E-state index >= 15 is 0 Å². The van der Waals surface area contributed by atoms with Crippen LogP contribution in [0.15, 0.2) is 48.1 Å². The molecule has 1 amide bonds. The highest BCUT2D eigenvalue weighted by Crippen LogP contribution is 2.34. The Morgan fingerprint density at radius 1 is 1.21 bits per heavy atom. The predicted octanol–water partition coefficient (Wildman–Crippen LogP) is 4.03. The first kappa shape index (κ1) is 17.2. The van der Waals surface area contributed by atoms with Gasteiger partial charge in [-0.1, -0.05) is 17.4 Å². The third-order valence-corrected chi connectivity index (χ3v) is 6.41. The molecule has 0 unspecified atom stereocenters. The molecule has 0 radical (unpaired) electrons. The van der Waals surface area contributed by atoms with Crippen LogP contribution in [0.3, 0.4) is 0 Å². The van der Waals surface area contributed by atoms with Crippen LogP contribution in [-0.4, -0.2) is 33.9 Å². The number of pyridine rings is 1. The summed E-state index contributed by atoms with van der Waals surface area (Å²) in [5.74, 6) is -0.513. The number of aromatic nitrogens is 3. The number of carbonyl (C=O) groups is 1. The number of nitrogens with zero attached hydrogens (tertiary/aromatic N) is 4. The van der Waals surface area contributed by atoms with E-state index in [4.69, 9.17) is 0 Å². The van der Waals surface area contributed by atoms with Crippen LogP contribution in [-0.2, 0) is 4.79 Å². The molecule has 28 heavy (non-hydrogen) atoms. The number of para-hydroxylation sites is 1. The molecule has 0 saturated carbocycles. The molecule has 0 atom stereocenters. The predicted molar refractivity (Wildman–Crippen MR) is 109 cm³/mol. The Bertz CT molecular complexity index is 1150. The average molecular weight is 411 g/mol. The number of thiazole rings is 2. The van der Waals surface area contributed by atoms with Crippen molar-refractivity contribution >= 4 is 49.1 Å². The number of hydrogen-bond donors (Lipinski definition) is 1. The van der Waals surface area contributed by atoms with Gasteiger partial charge in [0.15, 0.2) is 10.3 Å². The van der Waals surface area contributed by atoms with Gasteiger partial charge >= 0.3 is 0 Å². The lowest BCUT2D eigenvalue weighted by Gasteiger charge is -2.37. The van der Waals surface area contributed by atoms with E-state index in [0.717, 1.165) is 21.1 Å². The van der Waals surface area contributed by atoms with Gasteiger partial charge in [0.2, 0.25) is 5.91 Å². The maximum atomic E-state index is 13.8. The van der Waals surface area contributed by atoms with E-state index < -0.39 is 0 Å². The smallest absolute Gasteiger partial charge is 0.232 e. The molecule has 0 bridgehead atoms. The lowest BCUT2D eigenvalue weighted by Crippen LogP contribution is -2.52. The zero-order chi connectivity index (χ0) is 19.1. The highest BCUT2D eigenvalue weighted by atomic mass is 32.1. The van der Waals surface area contributed by atoms with E-state index in [1.54, 1.807) is 18.5 Å². The molecule has 1 N–H and O–H groups in total. The van der Waals surface area contributed by atoms with E-state index in [9.17, 15) is 9.18 Å². The van der Waals surface area contributed by atoms with Gasteiger partial charge in [0, 0.05) is 36.4 Å². The number of hydrogen-bond acceptors (Lipinski definition) is 7. The first-order valence-electron chi connectivity index (χ1n) is 8.64. The number of carbonyl (C=O) groups excluding carboxylic acids is 1. The summed E-state index contributed by atoms with van der Waals surface area (Å²) in [4.78, 5) is 27.4. The van der Waals surface area contributed by atoms with E-state index in [2.05, 4.69) is 20.3 Å². The van der Waals surface area contributed by atoms with Crippen LogP contribution in [0.4, 0.5) is 14.7 Å². The molecule has 4 heterocycles. The second-order valence-electron chi connectivity index (χ2n) is 6.45. The van der Waals surface area contributed by atoms with Crippen LogP contribution in [0.25, 0.3) is 21.5 Å². The molecular weight excluding hydrogens is 397 g/mol. The average Bonchev–Trinajstić information content (AvgIpc) is 3.29. The van der Waals surface area contributed by atoms with Crippen molar-refractivity contribution in [1.29, 1.82) is 0 Å². The second-order valence-corrected chi connectivity index (χ2v) is 8.32. The van der Waals surface area contributed by atoms with Crippen LogP contribution in [0.5, 0.6) is 0 Å². The largest absolute Gasteiger partial charge is 0.346 e. The maximum absolute atomic E-state index is 13.8. The van der Waals surface area contributed by atoms with Gasteiger partial charge in [-0.15, -0.1) is 11.3 Å². The van der Waals surface area contributed by atoms with Crippen LogP contribution < -0.4 is 10.2 Å². The fraction of sp³-hybridized carbons (Fsp3) is 0.158. The van der Waals surface area contributed by atoms with Gasteiger partial charge in [0.05, 0.1) is 16.3 Å². The number of nitrogens with one attached hydrogen (secondary N) is 1. The first-order chi connectivity index (χ1) is 13.7. The summed E-state index contributed by atoms with van der Waals surface area (Å²) in [5, 5.41) is 6.11. The summed E-state index contributed by atoms with van der Waals surface area (Å²) in [6, 6.07) is 8.72. The van der Waals surface area contributed by atoms with Crippen molar-refractivity contribution in [3.63, 3.8) is 0 Å². The van der Waals surface area contributed by atoms with Crippen molar-refractivity contribution in [2.24, 2.45) is 5.92 Å². The minimum atomic E-state index is -0.317.